The Morgan fingerprint density at radius 1 is 0.893 bits per heavy atom. The molecule has 0 heterocycles. The average molecular weight is 391 g/mol. The number of halogens is 2. The molecule has 0 aliphatic heterocycles. The van der Waals surface area contributed by atoms with Crippen molar-refractivity contribution >= 4 is 5.78 Å². The first-order chi connectivity index (χ1) is 13.5. The van der Waals surface area contributed by atoms with Crippen LogP contribution in [0.15, 0.2) is 12.1 Å². The Morgan fingerprint density at radius 3 is 2.11 bits per heavy atom. The number of hydrogen-bond acceptors (Lipinski definition) is 1. The number of ketones is 1. The molecule has 1 aromatic carbocycles. The van der Waals surface area contributed by atoms with Crippen LogP contribution in [0.25, 0.3) is 0 Å². The summed E-state index contributed by atoms with van der Waals surface area (Å²) in [7, 11) is 0. The molecule has 2 aliphatic carbocycles. The van der Waals surface area contributed by atoms with Gasteiger partial charge in [0.2, 0.25) is 0 Å². The summed E-state index contributed by atoms with van der Waals surface area (Å²) in [5.41, 5.74) is 0.196. The van der Waals surface area contributed by atoms with Crippen molar-refractivity contribution in [2.75, 3.05) is 0 Å². The van der Waals surface area contributed by atoms with Crippen molar-refractivity contribution in [3.05, 3.63) is 34.9 Å². The molecule has 0 aromatic heterocycles. The second-order valence-electron chi connectivity index (χ2n) is 9.31. The van der Waals surface area contributed by atoms with Crippen LogP contribution >= 0.6 is 0 Å². The number of benzene rings is 1. The van der Waals surface area contributed by atoms with Crippen LogP contribution in [0.5, 0.6) is 0 Å². The number of unbranched alkanes of at least 4 members (excludes halogenated alkanes) is 2. The van der Waals surface area contributed by atoms with Crippen LogP contribution in [-0.2, 0) is 0 Å². The summed E-state index contributed by atoms with van der Waals surface area (Å²) in [6.45, 7) is 3.79. The standard InChI is InChI=1S/C25H36F2O/c1-3-4-5-6-18-8-10-19(11-9-18)20-12-14-21(15-13-20)25(28)22-16-7-17(2)23(26)24(22)27/h7,16,18-21H,3-6,8-15H2,1-2H3. The predicted octanol–water partition coefficient (Wildman–Crippen LogP) is 7.65. The maximum Gasteiger partial charge on any atom is 0.169 e. The van der Waals surface area contributed by atoms with Crippen molar-refractivity contribution in [1.82, 2.24) is 0 Å². The third-order valence-electron chi connectivity index (χ3n) is 7.46. The Labute approximate surface area is 169 Å². The van der Waals surface area contributed by atoms with E-state index in [-0.39, 0.29) is 22.8 Å². The van der Waals surface area contributed by atoms with Crippen LogP contribution < -0.4 is 0 Å². The molecule has 0 amide bonds. The number of rotatable bonds is 7. The van der Waals surface area contributed by atoms with Gasteiger partial charge in [-0.25, -0.2) is 8.78 Å². The van der Waals surface area contributed by atoms with E-state index in [1.54, 1.807) is 0 Å². The molecule has 0 bridgehead atoms. The molecule has 1 aromatic rings. The van der Waals surface area contributed by atoms with E-state index >= 15 is 0 Å². The highest BCUT2D eigenvalue weighted by Crippen LogP contribution is 2.43. The zero-order valence-electron chi connectivity index (χ0n) is 17.6. The molecule has 0 spiro atoms. The molecular weight excluding hydrogens is 354 g/mol. The van der Waals surface area contributed by atoms with Gasteiger partial charge in [0.25, 0.3) is 0 Å². The molecule has 2 saturated carbocycles. The minimum absolute atomic E-state index is 0.0564. The van der Waals surface area contributed by atoms with Crippen LogP contribution in [0.2, 0.25) is 0 Å². The Kier molecular flexibility index (Phi) is 7.65. The van der Waals surface area contributed by atoms with E-state index in [1.165, 1.54) is 70.4 Å². The summed E-state index contributed by atoms with van der Waals surface area (Å²) in [5.74, 6) is 0.281. The number of aryl methyl sites for hydroxylation is 1. The Balaban J connectivity index is 1.47. The van der Waals surface area contributed by atoms with Gasteiger partial charge in [-0.15, -0.1) is 0 Å². The molecule has 156 valence electrons. The quantitative estimate of drug-likeness (QED) is 0.345. The third-order valence-corrected chi connectivity index (χ3v) is 7.46. The van der Waals surface area contributed by atoms with Crippen molar-refractivity contribution < 1.29 is 13.6 Å². The van der Waals surface area contributed by atoms with Crippen LogP contribution in [0.1, 0.15) is 99.9 Å². The normalized spacial score (nSPS) is 28.3. The van der Waals surface area contributed by atoms with Gasteiger partial charge in [-0.1, -0.05) is 51.5 Å². The number of Topliss-reactive ketones (excluding diaryl/α,β-unsaturated/α-hetero) is 1. The van der Waals surface area contributed by atoms with Crippen molar-refractivity contribution in [2.45, 2.75) is 90.9 Å². The van der Waals surface area contributed by atoms with Gasteiger partial charge in [0.1, 0.15) is 0 Å². The summed E-state index contributed by atoms with van der Waals surface area (Å²) in [6, 6.07) is 2.97. The summed E-state index contributed by atoms with van der Waals surface area (Å²) >= 11 is 0. The topological polar surface area (TPSA) is 17.1 Å². The Bertz CT molecular complexity index is 653. The lowest BCUT2D eigenvalue weighted by molar-refractivity contribution is 0.0823. The first-order valence-corrected chi connectivity index (χ1v) is 11.5. The summed E-state index contributed by atoms with van der Waals surface area (Å²) < 4.78 is 28.0. The number of carbonyl (C=O) groups is 1. The van der Waals surface area contributed by atoms with Gasteiger partial charge in [0.15, 0.2) is 17.4 Å². The smallest absolute Gasteiger partial charge is 0.169 e. The molecule has 28 heavy (non-hydrogen) atoms. The SMILES string of the molecule is CCCCCC1CCC(C2CCC(C(=O)c3ccc(C)c(F)c3F)CC2)CC1. The van der Waals surface area contributed by atoms with Crippen molar-refractivity contribution in [3.8, 4) is 0 Å². The van der Waals surface area contributed by atoms with Crippen LogP contribution in [0.4, 0.5) is 8.78 Å². The second-order valence-corrected chi connectivity index (χ2v) is 9.31. The van der Waals surface area contributed by atoms with Gasteiger partial charge in [0.05, 0.1) is 5.56 Å². The molecule has 0 N–H and O–H groups in total. The van der Waals surface area contributed by atoms with Gasteiger partial charge in [0, 0.05) is 5.92 Å². The maximum absolute atomic E-state index is 14.2. The monoisotopic (exact) mass is 390 g/mol. The molecule has 2 aliphatic rings. The molecule has 0 atom stereocenters. The minimum Gasteiger partial charge on any atom is -0.294 e. The summed E-state index contributed by atoms with van der Waals surface area (Å²) in [5, 5.41) is 0. The molecule has 0 saturated heterocycles. The molecule has 0 radical (unpaired) electrons. The molecule has 1 nitrogen and oxygen atoms in total. The maximum atomic E-state index is 14.2. The first kappa shape index (κ1) is 21.5. The fraction of sp³-hybridized carbons (Fsp3) is 0.720. The molecule has 3 heteroatoms. The van der Waals surface area contributed by atoms with Crippen molar-refractivity contribution in [3.63, 3.8) is 0 Å². The number of hydrogen-bond donors (Lipinski definition) is 0. The van der Waals surface area contributed by atoms with E-state index in [4.69, 9.17) is 0 Å². The summed E-state index contributed by atoms with van der Waals surface area (Å²) in [6.07, 6.45) is 14.7. The highest BCUT2D eigenvalue weighted by Gasteiger charge is 2.34. The second kappa shape index (κ2) is 9.98. The van der Waals surface area contributed by atoms with Gasteiger partial charge in [-0.3, -0.25) is 4.79 Å². The molecule has 2 fully saturated rings. The lowest BCUT2D eigenvalue weighted by Gasteiger charge is -2.37. The average Bonchev–Trinajstić information content (AvgIpc) is 2.73. The lowest BCUT2D eigenvalue weighted by Crippen LogP contribution is -2.28. The number of carbonyl (C=O) groups excluding carboxylic acids is 1. The van der Waals surface area contributed by atoms with Crippen LogP contribution in [0, 0.1) is 42.2 Å². The highest BCUT2D eigenvalue weighted by molar-refractivity contribution is 5.98. The first-order valence-electron chi connectivity index (χ1n) is 11.5. The van der Waals surface area contributed by atoms with Gasteiger partial charge >= 0.3 is 0 Å². The van der Waals surface area contributed by atoms with E-state index in [9.17, 15) is 13.6 Å². The Hall–Kier alpha value is -1.25. The molecule has 0 unspecified atom stereocenters. The van der Waals surface area contributed by atoms with Gasteiger partial charge in [-0.05, 0) is 74.8 Å². The zero-order chi connectivity index (χ0) is 20.1. The van der Waals surface area contributed by atoms with E-state index < -0.39 is 11.6 Å². The Morgan fingerprint density at radius 2 is 1.50 bits per heavy atom. The van der Waals surface area contributed by atoms with E-state index in [2.05, 4.69) is 6.92 Å². The lowest BCUT2D eigenvalue weighted by atomic mass is 9.68. The fourth-order valence-corrected chi connectivity index (χ4v) is 5.54. The van der Waals surface area contributed by atoms with Crippen molar-refractivity contribution in [2.24, 2.45) is 23.7 Å². The van der Waals surface area contributed by atoms with E-state index in [1.807, 2.05) is 0 Å². The van der Waals surface area contributed by atoms with Crippen molar-refractivity contribution in [1.29, 1.82) is 0 Å². The largest absolute Gasteiger partial charge is 0.294 e. The van der Waals surface area contributed by atoms with Gasteiger partial charge < -0.3 is 0 Å². The third kappa shape index (κ3) is 5.02. The summed E-state index contributed by atoms with van der Waals surface area (Å²) in [4.78, 5) is 12.7. The van der Waals surface area contributed by atoms with Crippen LogP contribution in [-0.4, -0.2) is 5.78 Å². The van der Waals surface area contributed by atoms with Crippen LogP contribution in [0.3, 0.4) is 0 Å². The fourth-order valence-electron chi connectivity index (χ4n) is 5.54. The minimum atomic E-state index is -0.964. The van der Waals surface area contributed by atoms with E-state index in [0.29, 0.717) is 0 Å². The highest BCUT2D eigenvalue weighted by atomic mass is 19.2. The predicted molar refractivity (Wildman–Crippen MR) is 110 cm³/mol. The zero-order valence-corrected chi connectivity index (χ0v) is 17.6. The molecule has 3 rings (SSSR count). The molecular formula is C25H36F2O. The van der Waals surface area contributed by atoms with E-state index in [0.717, 1.165) is 43.4 Å². The van der Waals surface area contributed by atoms with Gasteiger partial charge in [-0.2, -0.15) is 0 Å².